The van der Waals surface area contributed by atoms with Crippen LogP contribution in [-0.4, -0.2) is 15.0 Å². The average Bonchev–Trinajstić information content (AvgIpc) is 3.13. The molecular formula is C22H16N4O. The second-order valence-corrected chi connectivity index (χ2v) is 6.27. The molecule has 5 nitrogen and oxygen atoms in total. The minimum atomic E-state index is -0.105. The van der Waals surface area contributed by atoms with Crippen molar-refractivity contribution in [1.82, 2.24) is 15.0 Å². The fourth-order valence-corrected chi connectivity index (χ4v) is 3.31. The standard InChI is InChI=1S/C22H16N4O/c1-2-7-15(8-3-1)19(16-9-6-12-23-13-16)26-22-21-20(24-14-25-22)17-10-4-5-11-18(17)27-21/h1-14,19H,(H,24,25,26). The highest BCUT2D eigenvalue weighted by molar-refractivity contribution is 6.05. The Labute approximate surface area is 155 Å². The van der Waals surface area contributed by atoms with Crippen LogP contribution in [0.4, 0.5) is 5.82 Å². The Morgan fingerprint density at radius 3 is 2.48 bits per heavy atom. The predicted molar refractivity (Wildman–Crippen MR) is 105 cm³/mol. The maximum absolute atomic E-state index is 6.05. The third-order valence-electron chi connectivity index (χ3n) is 4.59. The van der Waals surface area contributed by atoms with Gasteiger partial charge in [0.05, 0.1) is 6.04 Å². The summed E-state index contributed by atoms with van der Waals surface area (Å²) in [5, 5.41) is 4.51. The topological polar surface area (TPSA) is 63.8 Å². The van der Waals surface area contributed by atoms with E-state index in [1.807, 2.05) is 54.7 Å². The molecule has 1 unspecified atom stereocenters. The van der Waals surface area contributed by atoms with Gasteiger partial charge in [0.15, 0.2) is 11.4 Å². The van der Waals surface area contributed by atoms with Crippen LogP contribution in [0.1, 0.15) is 17.2 Å². The molecule has 0 aliphatic rings. The number of nitrogens with zero attached hydrogens (tertiary/aromatic N) is 3. The number of anilines is 1. The Morgan fingerprint density at radius 1 is 0.815 bits per heavy atom. The highest BCUT2D eigenvalue weighted by atomic mass is 16.3. The number of furan rings is 1. The van der Waals surface area contributed by atoms with E-state index in [1.54, 1.807) is 12.5 Å². The molecule has 0 amide bonds. The lowest BCUT2D eigenvalue weighted by atomic mass is 10.0. The van der Waals surface area contributed by atoms with Gasteiger partial charge in [-0.15, -0.1) is 0 Å². The molecule has 5 heteroatoms. The SMILES string of the molecule is c1ccc(C(Nc2ncnc3c2oc2ccccc23)c2cccnc2)cc1. The van der Waals surface area contributed by atoms with E-state index in [0.717, 1.165) is 27.6 Å². The summed E-state index contributed by atoms with van der Waals surface area (Å²) >= 11 is 0. The Bertz CT molecular complexity index is 1160. The second kappa shape index (κ2) is 6.53. The molecule has 0 spiro atoms. The van der Waals surface area contributed by atoms with E-state index in [0.29, 0.717) is 11.4 Å². The summed E-state index contributed by atoms with van der Waals surface area (Å²) in [6, 6.07) is 22.0. The summed E-state index contributed by atoms with van der Waals surface area (Å²) in [4.78, 5) is 13.2. The fraction of sp³-hybridized carbons (Fsp3) is 0.0455. The van der Waals surface area contributed by atoms with Crippen LogP contribution in [0.3, 0.4) is 0 Å². The molecule has 130 valence electrons. The van der Waals surface area contributed by atoms with Gasteiger partial charge in [-0.05, 0) is 29.3 Å². The number of hydrogen-bond acceptors (Lipinski definition) is 5. The van der Waals surface area contributed by atoms with Crippen LogP contribution in [0.15, 0.2) is 89.9 Å². The zero-order valence-electron chi connectivity index (χ0n) is 14.4. The minimum absolute atomic E-state index is 0.105. The zero-order chi connectivity index (χ0) is 18.1. The van der Waals surface area contributed by atoms with E-state index < -0.39 is 0 Å². The first kappa shape index (κ1) is 15.5. The molecule has 0 fully saturated rings. The third-order valence-corrected chi connectivity index (χ3v) is 4.59. The Balaban J connectivity index is 1.65. The van der Waals surface area contributed by atoms with Gasteiger partial charge in [0.2, 0.25) is 0 Å². The van der Waals surface area contributed by atoms with Crippen molar-refractivity contribution in [1.29, 1.82) is 0 Å². The lowest BCUT2D eigenvalue weighted by molar-refractivity contribution is 0.665. The van der Waals surface area contributed by atoms with E-state index >= 15 is 0 Å². The van der Waals surface area contributed by atoms with Crippen molar-refractivity contribution in [2.45, 2.75) is 6.04 Å². The summed E-state index contributed by atoms with van der Waals surface area (Å²) in [6.07, 6.45) is 5.20. The van der Waals surface area contributed by atoms with Gasteiger partial charge in [-0.1, -0.05) is 48.5 Å². The van der Waals surface area contributed by atoms with Gasteiger partial charge >= 0.3 is 0 Å². The monoisotopic (exact) mass is 352 g/mol. The third kappa shape index (κ3) is 2.79. The van der Waals surface area contributed by atoms with Crippen LogP contribution in [0.25, 0.3) is 22.1 Å². The second-order valence-electron chi connectivity index (χ2n) is 6.27. The summed E-state index contributed by atoms with van der Waals surface area (Å²) in [5.41, 5.74) is 4.43. The quantitative estimate of drug-likeness (QED) is 0.494. The number of fused-ring (bicyclic) bond motifs is 3. The van der Waals surface area contributed by atoms with Crippen LogP contribution in [0.2, 0.25) is 0 Å². The molecule has 5 rings (SSSR count). The highest BCUT2D eigenvalue weighted by Crippen LogP contribution is 2.33. The average molecular weight is 352 g/mol. The van der Waals surface area contributed by atoms with E-state index in [1.165, 1.54) is 0 Å². The van der Waals surface area contributed by atoms with Crippen molar-refractivity contribution in [3.8, 4) is 0 Å². The Hall–Kier alpha value is -3.73. The first-order valence-electron chi connectivity index (χ1n) is 8.74. The number of nitrogens with one attached hydrogen (secondary N) is 1. The molecule has 3 aromatic heterocycles. The molecular weight excluding hydrogens is 336 g/mol. The lowest BCUT2D eigenvalue weighted by Gasteiger charge is -2.20. The van der Waals surface area contributed by atoms with E-state index in [2.05, 4.69) is 38.5 Å². The first-order chi connectivity index (χ1) is 13.4. The molecule has 0 saturated heterocycles. The largest absolute Gasteiger partial charge is 0.450 e. The van der Waals surface area contributed by atoms with Crippen molar-refractivity contribution in [3.63, 3.8) is 0 Å². The fourth-order valence-electron chi connectivity index (χ4n) is 3.31. The van der Waals surface area contributed by atoms with Crippen molar-refractivity contribution in [2.75, 3.05) is 5.32 Å². The molecule has 1 atom stereocenters. The van der Waals surface area contributed by atoms with Crippen LogP contribution in [-0.2, 0) is 0 Å². The summed E-state index contributed by atoms with van der Waals surface area (Å²) in [6.45, 7) is 0. The van der Waals surface area contributed by atoms with E-state index in [-0.39, 0.29) is 6.04 Å². The van der Waals surface area contributed by atoms with Crippen molar-refractivity contribution < 1.29 is 4.42 Å². The molecule has 5 aromatic rings. The van der Waals surface area contributed by atoms with E-state index in [9.17, 15) is 0 Å². The van der Waals surface area contributed by atoms with Gasteiger partial charge in [0, 0.05) is 17.8 Å². The Morgan fingerprint density at radius 2 is 1.63 bits per heavy atom. The maximum Gasteiger partial charge on any atom is 0.196 e. The molecule has 3 heterocycles. The van der Waals surface area contributed by atoms with Crippen molar-refractivity contribution in [3.05, 3.63) is 96.6 Å². The predicted octanol–water partition coefficient (Wildman–Crippen LogP) is 4.97. The van der Waals surface area contributed by atoms with Gasteiger partial charge in [-0.2, -0.15) is 0 Å². The normalized spacial score (nSPS) is 12.3. The van der Waals surface area contributed by atoms with Gasteiger partial charge in [-0.3, -0.25) is 4.98 Å². The molecule has 2 aromatic carbocycles. The minimum Gasteiger partial charge on any atom is -0.450 e. The molecule has 0 aliphatic heterocycles. The van der Waals surface area contributed by atoms with Gasteiger partial charge in [0.25, 0.3) is 0 Å². The van der Waals surface area contributed by atoms with Gasteiger partial charge in [-0.25, -0.2) is 9.97 Å². The molecule has 1 N–H and O–H groups in total. The number of rotatable bonds is 4. The van der Waals surface area contributed by atoms with Crippen LogP contribution in [0, 0.1) is 0 Å². The van der Waals surface area contributed by atoms with Crippen LogP contribution >= 0.6 is 0 Å². The maximum atomic E-state index is 6.05. The highest BCUT2D eigenvalue weighted by Gasteiger charge is 2.19. The van der Waals surface area contributed by atoms with Gasteiger partial charge < -0.3 is 9.73 Å². The molecule has 0 saturated carbocycles. The number of benzene rings is 2. The van der Waals surface area contributed by atoms with Crippen molar-refractivity contribution >= 4 is 27.9 Å². The van der Waals surface area contributed by atoms with Crippen molar-refractivity contribution in [2.24, 2.45) is 0 Å². The summed E-state index contributed by atoms with van der Waals surface area (Å²) in [5.74, 6) is 0.661. The molecule has 0 radical (unpaired) electrons. The Kier molecular flexibility index (Phi) is 3.76. The summed E-state index contributed by atoms with van der Waals surface area (Å²) in [7, 11) is 0. The number of pyridine rings is 1. The number of aromatic nitrogens is 3. The van der Waals surface area contributed by atoms with Gasteiger partial charge in [0.1, 0.15) is 17.4 Å². The summed E-state index contributed by atoms with van der Waals surface area (Å²) < 4.78 is 6.05. The number of hydrogen-bond donors (Lipinski definition) is 1. The van der Waals surface area contributed by atoms with E-state index in [4.69, 9.17) is 4.42 Å². The van der Waals surface area contributed by atoms with Crippen LogP contribution < -0.4 is 5.32 Å². The smallest absolute Gasteiger partial charge is 0.196 e. The molecule has 0 bridgehead atoms. The molecule has 0 aliphatic carbocycles. The first-order valence-corrected chi connectivity index (χ1v) is 8.74. The molecule has 27 heavy (non-hydrogen) atoms. The lowest BCUT2D eigenvalue weighted by Crippen LogP contribution is -2.13. The zero-order valence-corrected chi connectivity index (χ0v) is 14.4. The number of para-hydroxylation sites is 1. The van der Waals surface area contributed by atoms with Crippen LogP contribution in [0.5, 0.6) is 0 Å².